The number of likely N-dealkylation sites (N-methyl/N-ethyl adjacent to an activating group) is 1. The predicted molar refractivity (Wildman–Crippen MR) is 145 cm³/mol. The molecule has 1 unspecified atom stereocenters. The van der Waals surface area contributed by atoms with Crippen molar-refractivity contribution < 1.29 is 32.2 Å². The summed E-state index contributed by atoms with van der Waals surface area (Å²) in [6.07, 6.45) is -4.85. The fraction of sp³-hybridized carbons (Fsp3) is 0.387. The van der Waals surface area contributed by atoms with Crippen LogP contribution in [0.4, 0.5) is 13.2 Å². The molecule has 0 saturated carbocycles. The molecule has 0 saturated heterocycles. The molecule has 1 amide bonds. The van der Waals surface area contributed by atoms with Gasteiger partial charge in [0.25, 0.3) is 0 Å². The van der Waals surface area contributed by atoms with Crippen LogP contribution in [0.25, 0.3) is 0 Å². The molecule has 5 nitrogen and oxygen atoms in total. The zero-order chi connectivity index (χ0) is 28.6. The molecule has 0 radical (unpaired) electrons. The first kappa shape index (κ1) is 30.0. The van der Waals surface area contributed by atoms with Gasteiger partial charge in [-0.05, 0) is 75.1 Å². The largest absolute Gasteiger partial charge is 0.487 e. The Labute approximate surface area is 228 Å². The maximum absolute atomic E-state index is 13.0. The molecule has 3 rings (SSSR count). The molecule has 0 heterocycles. The Morgan fingerprint density at radius 1 is 0.821 bits per heavy atom. The van der Waals surface area contributed by atoms with Crippen LogP contribution >= 0.6 is 0 Å². The number of amides is 1. The van der Waals surface area contributed by atoms with Crippen LogP contribution in [0.1, 0.15) is 68.4 Å². The van der Waals surface area contributed by atoms with Crippen molar-refractivity contribution in [3.63, 3.8) is 0 Å². The Kier molecular flexibility index (Phi) is 10.4. The van der Waals surface area contributed by atoms with E-state index in [-0.39, 0.29) is 24.7 Å². The van der Waals surface area contributed by atoms with Crippen molar-refractivity contribution in [2.75, 3.05) is 7.05 Å². The van der Waals surface area contributed by atoms with Gasteiger partial charge in [0.2, 0.25) is 5.91 Å². The van der Waals surface area contributed by atoms with Gasteiger partial charge in [0.05, 0.1) is 36.4 Å². The molecule has 0 aliphatic heterocycles. The van der Waals surface area contributed by atoms with Gasteiger partial charge in [0, 0.05) is 7.05 Å². The Morgan fingerprint density at radius 2 is 1.44 bits per heavy atom. The molecule has 1 N–H and O–H groups in total. The van der Waals surface area contributed by atoms with E-state index in [1.54, 1.807) is 7.05 Å². The summed E-state index contributed by atoms with van der Waals surface area (Å²) in [5.74, 6) is 0.461. The van der Waals surface area contributed by atoms with E-state index in [0.717, 1.165) is 23.3 Å². The molecule has 39 heavy (non-hydrogen) atoms. The van der Waals surface area contributed by atoms with E-state index in [9.17, 15) is 18.0 Å². The van der Waals surface area contributed by atoms with Gasteiger partial charge in [-0.2, -0.15) is 13.2 Å². The molecule has 0 fully saturated rings. The van der Waals surface area contributed by atoms with Crippen molar-refractivity contribution in [1.29, 1.82) is 0 Å². The lowest BCUT2D eigenvalue weighted by Crippen LogP contribution is -2.27. The predicted octanol–water partition coefficient (Wildman–Crippen LogP) is 7.46. The highest BCUT2D eigenvalue weighted by molar-refractivity contribution is 5.83. The zero-order valence-electron chi connectivity index (χ0n) is 22.9. The Bertz CT molecular complexity index is 1190. The van der Waals surface area contributed by atoms with Crippen molar-refractivity contribution in [3.05, 3.63) is 95.1 Å². The second kappa shape index (κ2) is 13.5. The van der Waals surface area contributed by atoms with Gasteiger partial charge >= 0.3 is 6.18 Å². The average Bonchev–Trinajstić information content (AvgIpc) is 2.89. The summed E-state index contributed by atoms with van der Waals surface area (Å²) >= 11 is 0. The maximum Gasteiger partial charge on any atom is 0.416 e. The summed E-state index contributed by atoms with van der Waals surface area (Å²) in [5, 5.41) is 2.74. The van der Waals surface area contributed by atoms with E-state index in [1.807, 2.05) is 76.2 Å². The average molecular weight is 544 g/mol. The molecule has 3 aromatic rings. The lowest BCUT2D eigenvalue weighted by molar-refractivity contribution is -0.137. The molecule has 2 atom stereocenters. The van der Waals surface area contributed by atoms with Gasteiger partial charge in [-0.3, -0.25) is 4.79 Å². The Balaban J connectivity index is 1.97. The number of halogens is 3. The van der Waals surface area contributed by atoms with E-state index in [0.29, 0.717) is 23.5 Å². The minimum atomic E-state index is -4.41. The third-order valence-corrected chi connectivity index (χ3v) is 6.01. The molecule has 0 spiro atoms. The number of benzene rings is 3. The minimum absolute atomic E-state index is 0.0582. The number of carbonyl (C=O) groups excluding carboxylic acids is 1. The van der Waals surface area contributed by atoms with Gasteiger partial charge in [-0.25, -0.2) is 0 Å². The van der Waals surface area contributed by atoms with Crippen molar-refractivity contribution in [1.82, 2.24) is 5.32 Å². The number of rotatable bonds is 12. The molecule has 0 bridgehead atoms. The third kappa shape index (κ3) is 8.75. The van der Waals surface area contributed by atoms with Crippen LogP contribution in [0.2, 0.25) is 0 Å². The molecule has 0 aliphatic rings. The normalized spacial score (nSPS) is 13.3. The molecular weight excluding hydrogens is 507 g/mol. The highest BCUT2D eigenvalue weighted by Crippen LogP contribution is 2.38. The summed E-state index contributed by atoms with van der Waals surface area (Å²) in [6, 6.07) is 19.8. The topological polar surface area (TPSA) is 56.8 Å². The summed E-state index contributed by atoms with van der Waals surface area (Å²) < 4.78 is 57.3. The van der Waals surface area contributed by atoms with E-state index in [2.05, 4.69) is 5.32 Å². The van der Waals surface area contributed by atoms with Crippen molar-refractivity contribution in [3.8, 4) is 11.5 Å². The molecule has 3 aromatic carbocycles. The number of nitrogens with one attached hydrogen (secondary N) is 1. The van der Waals surface area contributed by atoms with E-state index in [4.69, 9.17) is 14.2 Å². The van der Waals surface area contributed by atoms with Gasteiger partial charge < -0.3 is 19.5 Å². The molecule has 0 aliphatic carbocycles. The number of hydrogen-bond donors (Lipinski definition) is 1. The summed E-state index contributed by atoms with van der Waals surface area (Å²) in [4.78, 5) is 13.0. The van der Waals surface area contributed by atoms with Crippen LogP contribution in [0, 0.1) is 0 Å². The van der Waals surface area contributed by atoms with Crippen LogP contribution in [0.15, 0.2) is 72.8 Å². The molecule has 8 heteroatoms. The Hall–Kier alpha value is -3.52. The summed E-state index contributed by atoms with van der Waals surface area (Å²) in [6.45, 7) is 7.75. The van der Waals surface area contributed by atoms with Crippen molar-refractivity contribution in [2.45, 2.75) is 71.1 Å². The Morgan fingerprint density at radius 3 is 2.00 bits per heavy atom. The van der Waals surface area contributed by atoms with Gasteiger partial charge in [-0.15, -0.1) is 0 Å². The smallest absolute Gasteiger partial charge is 0.416 e. The number of hydrogen-bond acceptors (Lipinski definition) is 4. The molecular formula is C31H36F3NO4. The quantitative estimate of drug-likeness (QED) is 0.258. The maximum atomic E-state index is 13.0. The molecule has 0 aromatic heterocycles. The van der Waals surface area contributed by atoms with E-state index < -0.39 is 23.8 Å². The zero-order valence-corrected chi connectivity index (χ0v) is 22.9. The standard InChI is InChI=1S/C31H36F3NO4/c1-20(2)38-27-16-13-24(17-29(27)39-21(3)4)28(18-26(30(36)35-5)23-9-7-6-8-10-23)37-19-22-11-14-25(15-12-22)31(32,33)34/h6-17,20-21,26,28H,18-19H2,1-5H3,(H,35,36)/t26-,28?/m1/s1. The number of ether oxygens (including phenoxy) is 3. The monoisotopic (exact) mass is 543 g/mol. The summed E-state index contributed by atoms with van der Waals surface area (Å²) in [7, 11) is 1.59. The number of alkyl halides is 3. The summed E-state index contributed by atoms with van der Waals surface area (Å²) in [5.41, 5.74) is 1.46. The van der Waals surface area contributed by atoms with Crippen LogP contribution in [-0.4, -0.2) is 25.2 Å². The first-order valence-electron chi connectivity index (χ1n) is 13.0. The lowest BCUT2D eigenvalue weighted by Gasteiger charge is -2.25. The van der Waals surface area contributed by atoms with Crippen molar-refractivity contribution in [2.24, 2.45) is 0 Å². The fourth-order valence-corrected chi connectivity index (χ4v) is 4.18. The van der Waals surface area contributed by atoms with Crippen molar-refractivity contribution >= 4 is 5.91 Å². The lowest BCUT2D eigenvalue weighted by atomic mass is 9.89. The highest BCUT2D eigenvalue weighted by atomic mass is 19.4. The first-order chi connectivity index (χ1) is 18.5. The minimum Gasteiger partial charge on any atom is -0.487 e. The van der Waals surface area contributed by atoms with E-state index >= 15 is 0 Å². The second-order valence-electron chi connectivity index (χ2n) is 9.85. The van der Waals surface area contributed by atoms with Crippen LogP contribution in [-0.2, 0) is 22.3 Å². The van der Waals surface area contributed by atoms with Crippen LogP contribution in [0.3, 0.4) is 0 Å². The third-order valence-electron chi connectivity index (χ3n) is 6.01. The van der Waals surface area contributed by atoms with Gasteiger partial charge in [0.15, 0.2) is 11.5 Å². The second-order valence-corrected chi connectivity index (χ2v) is 9.85. The van der Waals surface area contributed by atoms with E-state index in [1.165, 1.54) is 12.1 Å². The van der Waals surface area contributed by atoms with Crippen LogP contribution < -0.4 is 14.8 Å². The fourth-order valence-electron chi connectivity index (χ4n) is 4.18. The SMILES string of the molecule is CNC(=O)[C@H](CC(OCc1ccc(C(F)(F)F)cc1)c1ccc(OC(C)C)c(OC(C)C)c1)c1ccccc1. The first-order valence-corrected chi connectivity index (χ1v) is 13.0. The van der Waals surface area contributed by atoms with Gasteiger partial charge in [0.1, 0.15) is 0 Å². The molecule has 210 valence electrons. The number of carbonyl (C=O) groups is 1. The van der Waals surface area contributed by atoms with Crippen LogP contribution in [0.5, 0.6) is 11.5 Å². The highest BCUT2D eigenvalue weighted by Gasteiger charge is 2.30. The van der Waals surface area contributed by atoms with Gasteiger partial charge in [-0.1, -0.05) is 48.5 Å².